The van der Waals surface area contributed by atoms with Crippen molar-refractivity contribution in [2.24, 2.45) is 0 Å². The van der Waals surface area contributed by atoms with Gasteiger partial charge in [-0.1, -0.05) is 103 Å². The van der Waals surface area contributed by atoms with Crippen LogP contribution in [0.3, 0.4) is 0 Å². The summed E-state index contributed by atoms with van der Waals surface area (Å²) in [6.07, 6.45) is -0.684. The number of methoxy groups -OCH3 is 1. The van der Waals surface area contributed by atoms with E-state index in [1.54, 1.807) is 7.11 Å². The molecular weight excluding hydrogens is 375 g/mol. The summed E-state index contributed by atoms with van der Waals surface area (Å²) in [5.41, 5.74) is 1.82. The molecule has 0 amide bonds. The fourth-order valence-corrected chi connectivity index (χ4v) is 6.13. The van der Waals surface area contributed by atoms with Gasteiger partial charge in [-0.25, -0.2) is 0 Å². The van der Waals surface area contributed by atoms with E-state index >= 15 is 0 Å². The van der Waals surface area contributed by atoms with Crippen LogP contribution in [0.4, 0.5) is 0 Å². The summed E-state index contributed by atoms with van der Waals surface area (Å²) >= 11 is 0. The second-order valence-electron chi connectivity index (χ2n) is 6.71. The van der Waals surface area contributed by atoms with Gasteiger partial charge in [-0.05, 0) is 35.7 Å². The topological polar surface area (TPSA) is 29.5 Å². The third kappa shape index (κ3) is 4.10. The molecule has 4 aromatic carbocycles. The van der Waals surface area contributed by atoms with Crippen LogP contribution in [0.2, 0.25) is 0 Å². The molecule has 0 fully saturated rings. The molecule has 0 aliphatic rings. The average molecular weight is 398 g/mol. The van der Waals surface area contributed by atoms with E-state index in [2.05, 4.69) is 36.4 Å². The van der Waals surface area contributed by atoms with E-state index in [1.165, 1.54) is 5.30 Å². The van der Waals surface area contributed by atoms with E-state index < -0.39 is 14.0 Å². The third-order valence-corrected chi connectivity index (χ3v) is 7.48. The van der Waals surface area contributed by atoms with Crippen LogP contribution in [0.5, 0.6) is 5.75 Å². The number of ether oxygens (including phenoxy) is 1. The largest absolute Gasteiger partial charge is 0.496 e. The van der Waals surface area contributed by atoms with Gasteiger partial charge in [0, 0.05) is 5.30 Å². The molecule has 0 aromatic heterocycles. The molecule has 0 aliphatic carbocycles. The Kier molecular flexibility index (Phi) is 6.05. The standard InChI is InChI=1S/C26H23O2P/c1-28-23-17-9-11-19-25(23)29(21-14-6-3-7-15-21)24-18-10-8-16-22(24)26(27)20-12-4-2-5-13-20/h2-19,26-27H,1H3/t26?,29-/m1/s1. The van der Waals surface area contributed by atoms with Gasteiger partial charge in [-0.3, -0.25) is 0 Å². The summed E-state index contributed by atoms with van der Waals surface area (Å²) in [5.74, 6) is 0.867. The first kappa shape index (κ1) is 19.4. The van der Waals surface area contributed by atoms with Crippen molar-refractivity contribution in [1.29, 1.82) is 0 Å². The van der Waals surface area contributed by atoms with E-state index in [0.29, 0.717) is 0 Å². The molecule has 1 unspecified atom stereocenters. The van der Waals surface area contributed by atoms with Crippen molar-refractivity contribution >= 4 is 23.8 Å². The monoisotopic (exact) mass is 398 g/mol. The van der Waals surface area contributed by atoms with Crippen LogP contribution in [-0.2, 0) is 0 Å². The fourth-order valence-electron chi connectivity index (χ4n) is 3.54. The van der Waals surface area contributed by atoms with Crippen molar-refractivity contribution in [2.75, 3.05) is 7.11 Å². The Bertz CT molecular complexity index is 1060. The third-order valence-electron chi connectivity index (χ3n) is 4.93. The highest BCUT2D eigenvalue weighted by Gasteiger charge is 2.25. The molecule has 0 bridgehead atoms. The molecule has 29 heavy (non-hydrogen) atoms. The molecule has 4 rings (SSSR count). The van der Waals surface area contributed by atoms with Crippen molar-refractivity contribution in [3.63, 3.8) is 0 Å². The van der Waals surface area contributed by atoms with Crippen molar-refractivity contribution in [2.45, 2.75) is 6.10 Å². The van der Waals surface area contributed by atoms with Crippen molar-refractivity contribution < 1.29 is 9.84 Å². The summed E-state index contributed by atoms with van der Waals surface area (Å²) < 4.78 is 5.71. The van der Waals surface area contributed by atoms with Gasteiger partial charge in [0.2, 0.25) is 0 Å². The number of hydrogen-bond acceptors (Lipinski definition) is 2. The lowest BCUT2D eigenvalue weighted by molar-refractivity contribution is 0.221. The molecule has 3 heteroatoms. The molecule has 4 aromatic rings. The number of benzene rings is 4. The quantitative estimate of drug-likeness (QED) is 0.484. The maximum absolute atomic E-state index is 11.2. The summed E-state index contributed by atoms with van der Waals surface area (Å²) in [6.45, 7) is 0. The lowest BCUT2D eigenvalue weighted by Gasteiger charge is -2.25. The number of para-hydroxylation sites is 1. The zero-order valence-corrected chi connectivity index (χ0v) is 17.2. The van der Waals surface area contributed by atoms with E-state index in [9.17, 15) is 5.11 Å². The van der Waals surface area contributed by atoms with E-state index in [0.717, 1.165) is 27.5 Å². The van der Waals surface area contributed by atoms with Gasteiger partial charge >= 0.3 is 0 Å². The molecule has 0 saturated heterocycles. The van der Waals surface area contributed by atoms with Crippen LogP contribution in [-0.4, -0.2) is 12.2 Å². The van der Waals surface area contributed by atoms with Crippen LogP contribution in [0.15, 0.2) is 109 Å². The van der Waals surface area contributed by atoms with Gasteiger partial charge in [0.15, 0.2) is 0 Å². The number of aliphatic hydroxyl groups excluding tert-OH is 1. The Labute approximate surface area is 173 Å². The number of rotatable bonds is 6. The second kappa shape index (κ2) is 9.05. The molecule has 0 radical (unpaired) electrons. The zero-order chi connectivity index (χ0) is 20.1. The first-order chi connectivity index (χ1) is 14.3. The summed E-state index contributed by atoms with van der Waals surface area (Å²) in [4.78, 5) is 0. The first-order valence-corrected chi connectivity index (χ1v) is 10.9. The molecule has 0 spiro atoms. The molecular formula is C26H23O2P. The van der Waals surface area contributed by atoms with Crippen LogP contribution < -0.4 is 20.7 Å². The van der Waals surface area contributed by atoms with Crippen molar-refractivity contribution in [1.82, 2.24) is 0 Å². The second-order valence-corrected chi connectivity index (χ2v) is 8.87. The number of hydrogen-bond donors (Lipinski definition) is 1. The van der Waals surface area contributed by atoms with Gasteiger partial charge in [-0.15, -0.1) is 0 Å². The predicted molar refractivity (Wildman–Crippen MR) is 122 cm³/mol. The van der Waals surface area contributed by atoms with Crippen LogP contribution in [0.25, 0.3) is 0 Å². The Morgan fingerprint density at radius 2 is 1.21 bits per heavy atom. The van der Waals surface area contributed by atoms with Gasteiger partial charge in [-0.2, -0.15) is 0 Å². The molecule has 1 N–H and O–H groups in total. The van der Waals surface area contributed by atoms with Gasteiger partial charge < -0.3 is 9.84 Å². The van der Waals surface area contributed by atoms with Crippen LogP contribution >= 0.6 is 7.92 Å². The Balaban J connectivity index is 1.91. The van der Waals surface area contributed by atoms with Gasteiger partial charge in [0.25, 0.3) is 0 Å². The minimum atomic E-state index is -0.901. The molecule has 0 saturated carbocycles. The minimum Gasteiger partial charge on any atom is -0.496 e. The van der Waals surface area contributed by atoms with Crippen molar-refractivity contribution in [3.8, 4) is 5.75 Å². The zero-order valence-electron chi connectivity index (χ0n) is 16.3. The smallest absolute Gasteiger partial charge is 0.127 e. The predicted octanol–water partition coefficient (Wildman–Crippen LogP) is 4.54. The highest BCUT2D eigenvalue weighted by atomic mass is 31.1. The minimum absolute atomic E-state index is 0.684. The molecule has 0 aliphatic heterocycles. The maximum atomic E-state index is 11.2. The summed E-state index contributed by atoms with van der Waals surface area (Å²) in [7, 11) is 0.809. The van der Waals surface area contributed by atoms with E-state index in [1.807, 2.05) is 72.8 Å². The molecule has 144 valence electrons. The highest BCUT2D eigenvalue weighted by Crippen LogP contribution is 2.39. The first-order valence-electron chi connectivity index (χ1n) is 9.59. The normalized spacial score (nSPS) is 12.9. The molecule has 2 nitrogen and oxygen atoms in total. The average Bonchev–Trinajstić information content (AvgIpc) is 2.81. The fraction of sp³-hybridized carbons (Fsp3) is 0.0769. The maximum Gasteiger partial charge on any atom is 0.127 e. The SMILES string of the molecule is COc1ccccc1[P@](c1ccccc1)c1ccccc1C(O)c1ccccc1. The highest BCUT2D eigenvalue weighted by molar-refractivity contribution is 7.80. The Hall–Kier alpha value is -2.93. The Morgan fingerprint density at radius 1 is 0.655 bits per heavy atom. The lowest BCUT2D eigenvalue weighted by atomic mass is 10.0. The lowest BCUT2D eigenvalue weighted by Crippen LogP contribution is -2.25. The van der Waals surface area contributed by atoms with Gasteiger partial charge in [0.1, 0.15) is 11.9 Å². The number of aliphatic hydroxyl groups is 1. The van der Waals surface area contributed by atoms with Crippen LogP contribution in [0.1, 0.15) is 17.2 Å². The Morgan fingerprint density at radius 3 is 1.90 bits per heavy atom. The van der Waals surface area contributed by atoms with Gasteiger partial charge in [0.05, 0.1) is 7.11 Å². The van der Waals surface area contributed by atoms with E-state index in [-0.39, 0.29) is 0 Å². The molecule has 0 heterocycles. The summed E-state index contributed by atoms with van der Waals surface area (Å²) in [5, 5.41) is 14.7. The van der Waals surface area contributed by atoms with E-state index in [4.69, 9.17) is 4.74 Å². The summed E-state index contributed by atoms with van der Waals surface area (Å²) in [6, 6.07) is 36.7. The van der Waals surface area contributed by atoms with Crippen LogP contribution in [0, 0.1) is 0 Å². The van der Waals surface area contributed by atoms with Crippen molar-refractivity contribution in [3.05, 3.63) is 120 Å². The molecule has 2 atom stereocenters.